The average Bonchev–Trinajstić information content (AvgIpc) is 2.72. The summed E-state index contributed by atoms with van der Waals surface area (Å²) in [7, 11) is 0. The maximum absolute atomic E-state index is 12.2. The molecule has 0 fully saturated rings. The van der Waals surface area contributed by atoms with E-state index < -0.39 is 12.0 Å². The summed E-state index contributed by atoms with van der Waals surface area (Å²) in [4.78, 5) is 27.6. The van der Waals surface area contributed by atoms with Crippen LogP contribution in [0.1, 0.15) is 51.3 Å². The average molecular weight is 388 g/mol. The number of pyridine rings is 1. The van der Waals surface area contributed by atoms with E-state index in [1.165, 1.54) is 0 Å². The summed E-state index contributed by atoms with van der Waals surface area (Å²) in [6.45, 7) is 1.87. The van der Waals surface area contributed by atoms with E-state index in [9.17, 15) is 9.59 Å². The predicted molar refractivity (Wildman–Crippen MR) is 107 cm³/mol. The molecule has 0 unspecified atom stereocenters. The lowest BCUT2D eigenvalue weighted by Crippen LogP contribution is -2.23. The number of hydrogen-bond donors (Lipinski definition) is 1. The molecule has 4 rings (SSSR count). The van der Waals surface area contributed by atoms with Gasteiger partial charge in [-0.1, -0.05) is 12.1 Å². The Labute approximate surface area is 168 Å². The van der Waals surface area contributed by atoms with Crippen LogP contribution < -0.4 is 15.2 Å². The lowest BCUT2D eigenvalue weighted by Gasteiger charge is -2.24. The molecule has 3 aromatic rings. The summed E-state index contributed by atoms with van der Waals surface area (Å²) in [5.74, 6) is 0.692. The van der Waals surface area contributed by atoms with Gasteiger partial charge in [0.2, 0.25) is 5.91 Å². The highest BCUT2D eigenvalue weighted by molar-refractivity contribution is 6.00. The summed E-state index contributed by atoms with van der Waals surface area (Å²) in [6.07, 6.45) is 3.16. The van der Waals surface area contributed by atoms with E-state index in [1.807, 2.05) is 31.2 Å². The molecule has 2 atom stereocenters. The van der Waals surface area contributed by atoms with Crippen molar-refractivity contribution in [1.29, 1.82) is 0 Å². The van der Waals surface area contributed by atoms with Crippen LogP contribution in [-0.4, -0.2) is 22.8 Å². The van der Waals surface area contributed by atoms with Gasteiger partial charge in [0.05, 0.1) is 5.56 Å². The zero-order valence-corrected chi connectivity index (χ0v) is 15.9. The maximum Gasteiger partial charge on any atom is 0.248 e. The number of hydrogen-bond acceptors (Lipinski definition) is 5. The van der Waals surface area contributed by atoms with Crippen molar-refractivity contribution in [3.63, 3.8) is 0 Å². The van der Waals surface area contributed by atoms with Gasteiger partial charge in [0, 0.05) is 30.4 Å². The van der Waals surface area contributed by atoms with Gasteiger partial charge in [-0.3, -0.25) is 14.6 Å². The first-order valence-electron chi connectivity index (χ1n) is 9.31. The van der Waals surface area contributed by atoms with Gasteiger partial charge in [-0.2, -0.15) is 0 Å². The normalized spacial score (nSPS) is 16.4. The molecule has 0 spiro atoms. The molecule has 1 aliphatic rings. The van der Waals surface area contributed by atoms with Gasteiger partial charge in [0.1, 0.15) is 23.7 Å². The lowest BCUT2D eigenvalue weighted by molar-refractivity contribution is 0.0869. The van der Waals surface area contributed by atoms with Crippen LogP contribution in [0.3, 0.4) is 0 Å². The van der Waals surface area contributed by atoms with E-state index >= 15 is 0 Å². The molecule has 1 aromatic heterocycles. The number of primary amides is 1. The van der Waals surface area contributed by atoms with E-state index in [0.717, 1.165) is 11.1 Å². The molecule has 6 heteroatoms. The molecular formula is C23H20N2O4. The van der Waals surface area contributed by atoms with Crippen molar-refractivity contribution < 1.29 is 19.1 Å². The van der Waals surface area contributed by atoms with Gasteiger partial charge >= 0.3 is 0 Å². The molecule has 6 nitrogen and oxygen atoms in total. The number of carbonyl (C=O) groups is 2. The summed E-state index contributed by atoms with van der Waals surface area (Å²) in [5.41, 5.74) is 8.09. The third-order valence-electron chi connectivity index (χ3n) is 4.82. The number of ketones is 1. The van der Waals surface area contributed by atoms with Crippen molar-refractivity contribution in [3.8, 4) is 11.5 Å². The Morgan fingerprint density at radius 1 is 1.10 bits per heavy atom. The molecule has 2 heterocycles. The highest BCUT2D eigenvalue weighted by Crippen LogP contribution is 2.34. The number of ether oxygens (including phenoxy) is 2. The Bertz CT molecular complexity index is 1050. The fraction of sp³-hybridized carbons (Fsp3) is 0.174. The Morgan fingerprint density at radius 3 is 2.48 bits per heavy atom. The van der Waals surface area contributed by atoms with Crippen LogP contribution >= 0.6 is 0 Å². The standard InChI is InChI=1S/C23H20N2O4/c1-14-12-20(26)19-7-6-18(13-21(19)28-14)29-22(16-8-10-25-11-9-16)15-2-4-17(5-3-15)23(24)27/h2-11,13-14,22H,12H2,1H3,(H2,24,27)/t14-,22-/m1/s1. The highest BCUT2D eigenvalue weighted by atomic mass is 16.5. The van der Waals surface area contributed by atoms with Crippen molar-refractivity contribution in [2.45, 2.75) is 25.6 Å². The summed E-state index contributed by atoms with van der Waals surface area (Å²) < 4.78 is 12.1. The lowest BCUT2D eigenvalue weighted by atomic mass is 10.00. The van der Waals surface area contributed by atoms with Crippen LogP contribution in [0, 0.1) is 0 Å². The fourth-order valence-electron chi connectivity index (χ4n) is 3.36. The SMILES string of the molecule is C[C@@H]1CC(=O)c2ccc(O[C@@H](c3ccncc3)c3ccc(C(N)=O)cc3)cc2O1. The van der Waals surface area contributed by atoms with Crippen LogP contribution in [-0.2, 0) is 0 Å². The third-order valence-corrected chi connectivity index (χ3v) is 4.82. The molecule has 0 aliphatic carbocycles. The van der Waals surface area contributed by atoms with Gasteiger partial charge in [-0.15, -0.1) is 0 Å². The molecule has 0 bridgehead atoms. The number of amides is 1. The molecule has 29 heavy (non-hydrogen) atoms. The Kier molecular flexibility index (Phi) is 4.99. The van der Waals surface area contributed by atoms with Gasteiger partial charge in [0.25, 0.3) is 0 Å². The molecule has 1 aliphatic heterocycles. The molecule has 0 radical (unpaired) electrons. The first-order chi connectivity index (χ1) is 14.0. The molecule has 2 N–H and O–H groups in total. The Hall–Kier alpha value is -3.67. The van der Waals surface area contributed by atoms with Crippen LogP contribution in [0.4, 0.5) is 0 Å². The van der Waals surface area contributed by atoms with Crippen molar-refractivity contribution in [2.24, 2.45) is 5.73 Å². The van der Waals surface area contributed by atoms with E-state index in [0.29, 0.717) is 29.0 Å². The minimum absolute atomic E-state index is 0.0676. The van der Waals surface area contributed by atoms with Gasteiger partial charge in [-0.05, 0) is 54.4 Å². The molecule has 1 amide bonds. The summed E-state index contributed by atoms with van der Waals surface area (Å²) in [6, 6.07) is 15.9. The molecule has 0 saturated carbocycles. The number of nitrogens with two attached hydrogens (primary N) is 1. The number of benzene rings is 2. The number of carbonyl (C=O) groups excluding carboxylic acids is 2. The fourth-order valence-corrected chi connectivity index (χ4v) is 3.36. The van der Waals surface area contributed by atoms with Crippen LogP contribution in [0.15, 0.2) is 67.0 Å². The van der Waals surface area contributed by atoms with Crippen molar-refractivity contribution >= 4 is 11.7 Å². The van der Waals surface area contributed by atoms with E-state index in [2.05, 4.69) is 4.98 Å². The molecule has 0 saturated heterocycles. The first kappa shape index (κ1) is 18.7. The Balaban J connectivity index is 1.69. The number of fused-ring (bicyclic) bond motifs is 1. The highest BCUT2D eigenvalue weighted by Gasteiger charge is 2.25. The smallest absolute Gasteiger partial charge is 0.248 e. The second kappa shape index (κ2) is 7.75. The molecule has 2 aromatic carbocycles. The van der Waals surface area contributed by atoms with Crippen molar-refractivity contribution in [3.05, 3.63) is 89.2 Å². The minimum atomic E-state index is -0.483. The molecule has 146 valence electrons. The summed E-state index contributed by atoms with van der Waals surface area (Å²) >= 11 is 0. The van der Waals surface area contributed by atoms with E-state index in [1.54, 1.807) is 42.7 Å². The second-order valence-corrected chi connectivity index (χ2v) is 6.98. The van der Waals surface area contributed by atoms with Crippen LogP contribution in [0.5, 0.6) is 11.5 Å². The van der Waals surface area contributed by atoms with Crippen molar-refractivity contribution in [2.75, 3.05) is 0 Å². The number of rotatable bonds is 5. The van der Waals surface area contributed by atoms with E-state index in [4.69, 9.17) is 15.2 Å². The zero-order chi connectivity index (χ0) is 20.4. The zero-order valence-electron chi connectivity index (χ0n) is 15.9. The monoisotopic (exact) mass is 388 g/mol. The van der Waals surface area contributed by atoms with Crippen LogP contribution in [0.25, 0.3) is 0 Å². The number of aromatic nitrogens is 1. The predicted octanol–water partition coefficient (Wildman–Crippen LogP) is 3.70. The van der Waals surface area contributed by atoms with Gasteiger partial charge in [0.15, 0.2) is 5.78 Å². The van der Waals surface area contributed by atoms with Crippen LogP contribution in [0.2, 0.25) is 0 Å². The van der Waals surface area contributed by atoms with Gasteiger partial charge in [-0.25, -0.2) is 0 Å². The second-order valence-electron chi connectivity index (χ2n) is 6.98. The van der Waals surface area contributed by atoms with Gasteiger partial charge < -0.3 is 15.2 Å². The molecular weight excluding hydrogens is 368 g/mol. The maximum atomic E-state index is 12.2. The number of Topliss-reactive ketones (excluding diaryl/α,β-unsaturated/α-hetero) is 1. The number of nitrogens with zero attached hydrogens (tertiary/aromatic N) is 1. The third kappa shape index (κ3) is 3.96. The van der Waals surface area contributed by atoms with Crippen molar-refractivity contribution in [1.82, 2.24) is 4.98 Å². The topological polar surface area (TPSA) is 91.5 Å². The van der Waals surface area contributed by atoms with E-state index in [-0.39, 0.29) is 11.9 Å². The quantitative estimate of drug-likeness (QED) is 0.719. The first-order valence-corrected chi connectivity index (χ1v) is 9.31. The largest absolute Gasteiger partial charge is 0.489 e. The summed E-state index contributed by atoms with van der Waals surface area (Å²) in [5, 5.41) is 0. The Morgan fingerprint density at radius 2 is 1.79 bits per heavy atom. The minimum Gasteiger partial charge on any atom is -0.489 e.